The van der Waals surface area contributed by atoms with Crippen molar-refractivity contribution >= 4 is 5.91 Å². The van der Waals surface area contributed by atoms with Gasteiger partial charge in [-0.1, -0.05) is 20.8 Å². The van der Waals surface area contributed by atoms with Gasteiger partial charge in [0.05, 0.1) is 6.54 Å². The molecule has 0 aromatic heterocycles. The first kappa shape index (κ1) is 15.4. The summed E-state index contributed by atoms with van der Waals surface area (Å²) in [5.41, 5.74) is 0.0107. The van der Waals surface area contributed by atoms with Gasteiger partial charge in [0.1, 0.15) is 0 Å². The summed E-state index contributed by atoms with van der Waals surface area (Å²) in [7, 11) is 0. The van der Waals surface area contributed by atoms with Crippen LogP contribution in [0.15, 0.2) is 0 Å². The largest absolute Gasteiger partial charge is 0.351 e. The lowest BCUT2D eigenvalue weighted by Crippen LogP contribution is -2.36. The minimum atomic E-state index is -0.334. The first-order valence-corrected chi connectivity index (χ1v) is 5.89. The fourth-order valence-electron chi connectivity index (χ4n) is 1.28. The van der Waals surface area contributed by atoms with E-state index in [1.54, 1.807) is 0 Å². The lowest BCUT2D eigenvalue weighted by atomic mass is 9.92. The van der Waals surface area contributed by atoms with Gasteiger partial charge in [-0.3, -0.25) is 4.79 Å². The molecule has 0 atom stereocenters. The second-order valence-corrected chi connectivity index (χ2v) is 4.88. The molecule has 96 valence electrons. The summed E-state index contributed by atoms with van der Waals surface area (Å²) < 4.78 is 10.7. The van der Waals surface area contributed by atoms with Crippen molar-refractivity contribution in [1.82, 2.24) is 5.32 Å². The van der Waals surface area contributed by atoms with E-state index in [4.69, 9.17) is 9.47 Å². The maximum absolute atomic E-state index is 11.5. The molecule has 1 N–H and O–H groups in total. The van der Waals surface area contributed by atoms with Crippen LogP contribution in [-0.2, 0) is 14.3 Å². The molecule has 0 fully saturated rings. The minimum absolute atomic E-state index is 0.0107. The van der Waals surface area contributed by atoms with Gasteiger partial charge in [-0.2, -0.15) is 0 Å². The Labute approximate surface area is 98.7 Å². The van der Waals surface area contributed by atoms with Gasteiger partial charge in [-0.25, -0.2) is 0 Å². The number of carbonyl (C=O) groups excluding carboxylic acids is 1. The Hall–Kier alpha value is -0.610. The zero-order valence-electron chi connectivity index (χ0n) is 11.1. The summed E-state index contributed by atoms with van der Waals surface area (Å²) in [6.07, 6.45) is 0.178. The van der Waals surface area contributed by atoms with Crippen LogP contribution >= 0.6 is 0 Å². The molecule has 0 bridgehead atoms. The lowest BCUT2D eigenvalue weighted by Gasteiger charge is -2.20. The van der Waals surface area contributed by atoms with E-state index >= 15 is 0 Å². The van der Waals surface area contributed by atoms with E-state index in [1.165, 1.54) is 0 Å². The van der Waals surface area contributed by atoms with Crippen molar-refractivity contribution < 1.29 is 14.3 Å². The molecule has 0 unspecified atom stereocenters. The normalized spacial score (nSPS) is 11.9. The van der Waals surface area contributed by atoms with Gasteiger partial charge in [0.15, 0.2) is 6.29 Å². The highest BCUT2D eigenvalue weighted by Crippen LogP contribution is 2.17. The number of carbonyl (C=O) groups is 1. The number of amides is 1. The Bertz CT molecular complexity index is 193. The summed E-state index contributed by atoms with van der Waals surface area (Å²) in [6, 6.07) is 0. The number of ether oxygens (including phenoxy) is 2. The highest BCUT2D eigenvalue weighted by atomic mass is 16.7. The molecular formula is C12H25NO3. The Morgan fingerprint density at radius 2 is 1.69 bits per heavy atom. The highest BCUT2D eigenvalue weighted by Gasteiger charge is 2.17. The molecule has 0 aromatic rings. The first-order valence-electron chi connectivity index (χ1n) is 5.89. The van der Waals surface area contributed by atoms with Crippen LogP contribution in [0.1, 0.15) is 41.0 Å². The molecule has 0 rings (SSSR count). The second kappa shape index (κ2) is 7.63. The number of hydrogen-bond acceptors (Lipinski definition) is 3. The van der Waals surface area contributed by atoms with Gasteiger partial charge in [0.25, 0.3) is 0 Å². The third-order valence-electron chi connectivity index (χ3n) is 1.86. The van der Waals surface area contributed by atoms with Crippen LogP contribution in [0.5, 0.6) is 0 Å². The smallest absolute Gasteiger partial charge is 0.220 e. The van der Waals surface area contributed by atoms with Crippen LogP contribution in [0.2, 0.25) is 0 Å². The average Bonchev–Trinajstić information content (AvgIpc) is 2.12. The molecule has 0 spiro atoms. The van der Waals surface area contributed by atoms with Gasteiger partial charge in [0, 0.05) is 19.6 Å². The maximum atomic E-state index is 11.5. The second-order valence-electron chi connectivity index (χ2n) is 4.88. The lowest BCUT2D eigenvalue weighted by molar-refractivity contribution is -0.141. The predicted octanol–water partition coefficient (Wildman–Crippen LogP) is 1.94. The van der Waals surface area contributed by atoms with Gasteiger partial charge < -0.3 is 14.8 Å². The Kier molecular flexibility index (Phi) is 7.34. The monoisotopic (exact) mass is 231 g/mol. The van der Waals surface area contributed by atoms with Crippen molar-refractivity contribution in [2.45, 2.75) is 47.3 Å². The van der Waals surface area contributed by atoms with Crippen molar-refractivity contribution in [1.29, 1.82) is 0 Å². The van der Waals surface area contributed by atoms with E-state index in [-0.39, 0.29) is 17.6 Å². The van der Waals surface area contributed by atoms with Crippen molar-refractivity contribution in [3.8, 4) is 0 Å². The topological polar surface area (TPSA) is 47.6 Å². The van der Waals surface area contributed by atoms with E-state index in [2.05, 4.69) is 5.32 Å². The number of nitrogens with one attached hydrogen (secondary N) is 1. The molecule has 0 aliphatic heterocycles. The Balaban J connectivity index is 3.86. The molecular weight excluding hydrogens is 206 g/mol. The van der Waals surface area contributed by atoms with Crippen LogP contribution in [0.25, 0.3) is 0 Å². The Morgan fingerprint density at radius 1 is 1.19 bits per heavy atom. The third kappa shape index (κ3) is 8.68. The molecule has 0 aromatic carbocycles. The summed E-state index contributed by atoms with van der Waals surface area (Å²) >= 11 is 0. The van der Waals surface area contributed by atoms with E-state index in [0.717, 1.165) is 0 Å². The summed E-state index contributed by atoms with van der Waals surface area (Å²) in [5.74, 6) is 0.0388. The summed E-state index contributed by atoms with van der Waals surface area (Å²) in [5, 5.41) is 2.82. The molecule has 16 heavy (non-hydrogen) atoms. The number of hydrogen-bond donors (Lipinski definition) is 1. The SMILES string of the molecule is CCOC(CNC(=O)CC(C)(C)C)OCC. The van der Waals surface area contributed by atoms with E-state index < -0.39 is 0 Å². The standard InChI is InChI=1S/C12H25NO3/c1-6-15-11(16-7-2)9-13-10(14)8-12(3,4)5/h11H,6-9H2,1-5H3,(H,13,14). The molecule has 4 heteroatoms. The average molecular weight is 231 g/mol. The molecule has 0 radical (unpaired) electrons. The van der Waals surface area contributed by atoms with Crippen LogP contribution in [-0.4, -0.2) is 32.0 Å². The Morgan fingerprint density at radius 3 is 2.06 bits per heavy atom. The zero-order chi connectivity index (χ0) is 12.6. The van der Waals surface area contributed by atoms with Gasteiger partial charge in [-0.15, -0.1) is 0 Å². The quantitative estimate of drug-likeness (QED) is 0.681. The molecule has 0 heterocycles. The van der Waals surface area contributed by atoms with Gasteiger partial charge in [0.2, 0.25) is 5.91 Å². The zero-order valence-corrected chi connectivity index (χ0v) is 11.1. The fourth-order valence-corrected chi connectivity index (χ4v) is 1.28. The fraction of sp³-hybridized carbons (Fsp3) is 0.917. The van der Waals surface area contributed by atoms with Crippen LogP contribution < -0.4 is 5.32 Å². The molecule has 1 amide bonds. The van der Waals surface area contributed by atoms with Crippen LogP contribution in [0, 0.1) is 5.41 Å². The number of rotatable bonds is 7. The van der Waals surface area contributed by atoms with Crippen molar-refractivity contribution in [2.75, 3.05) is 19.8 Å². The molecule has 0 aliphatic rings. The molecule has 0 aliphatic carbocycles. The van der Waals surface area contributed by atoms with Gasteiger partial charge in [-0.05, 0) is 19.3 Å². The minimum Gasteiger partial charge on any atom is -0.351 e. The summed E-state index contributed by atoms with van der Waals surface area (Å²) in [4.78, 5) is 11.5. The maximum Gasteiger partial charge on any atom is 0.220 e. The highest BCUT2D eigenvalue weighted by molar-refractivity contribution is 5.76. The van der Waals surface area contributed by atoms with E-state index in [9.17, 15) is 4.79 Å². The molecule has 4 nitrogen and oxygen atoms in total. The van der Waals surface area contributed by atoms with E-state index in [0.29, 0.717) is 26.2 Å². The van der Waals surface area contributed by atoms with Gasteiger partial charge >= 0.3 is 0 Å². The predicted molar refractivity (Wildman–Crippen MR) is 64.1 cm³/mol. The summed E-state index contributed by atoms with van der Waals surface area (Å²) in [6.45, 7) is 11.5. The van der Waals surface area contributed by atoms with Crippen molar-refractivity contribution in [3.05, 3.63) is 0 Å². The van der Waals surface area contributed by atoms with Crippen molar-refractivity contribution in [2.24, 2.45) is 5.41 Å². The molecule has 0 saturated heterocycles. The van der Waals surface area contributed by atoms with Crippen molar-refractivity contribution in [3.63, 3.8) is 0 Å². The third-order valence-corrected chi connectivity index (χ3v) is 1.86. The van der Waals surface area contributed by atoms with Crippen LogP contribution in [0.4, 0.5) is 0 Å². The molecule has 0 saturated carbocycles. The van der Waals surface area contributed by atoms with Crippen LogP contribution in [0.3, 0.4) is 0 Å². The first-order chi connectivity index (χ1) is 7.39. The van der Waals surface area contributed by atoms with E-state index in [1.807, 2.05) is 34.6 Å².